The molecule has 94 valence electrons. The van der Waals surface area contributed by atoms with Crippen LogP contribution in [0.4, 0.5) is 0 Å². The Hall–Kier alpha value is -1.13. The second-order valence-electron chi connectivity index (χ2n) is 4.15. The van der Waals surface area contributed by atoms with Gasteiger partial charge in [-0.1, -0.05) is 23.4 Å². The largest absolute Gasteiger partial charge is 0.388 e. The third-order valence-electron chi connectivity index (χ3n) is 2.68. The van der Waals surface area contributed by atoms with Crippen LogP contribution >= 0.6 is 0 Å². The van der Waals surface area contributed by atoms with Crippen molar-refractivity contribution in [1.29, 1.82) is 0 Å². The molecule has 0 aliphatic carbocycles. The number of oxime groups is 1. The zero-order chi connectivity index (χ0) is 11.9. The summed E-state index contributed by atoms with van der Waals surface area (Å²) >= 11 is 0. The molecule has 4 nitrogen and oxygen atoms in total. The highest BCUT2D eigenvalue weighted by molar-refractivity contribution is 5.86. The minimum Gasteiger partial charge on any atom is -0.388 e. The van der Waals surface area contributed by atoms with Crippen molar-refractivity contribution in [1.82, 2.24) is 0 Å². The van der Waals surface area contributed by atoms with E-state index in [9.17, 15) is 0 Å². The summed E-state index contributed by atoms with van der Waals surface area (Å²) in [6.07, 6.45) is 10.4. The Balaban J connectivity index is 1.73. The number of hydrogen-bond acceptors (Lipinski definition) is 4. The summed E-state index contributed by atoms with van der Waals surface area (Å²) in [4.78, 5) is 5.31. The lowest BCUT2D eigenvalue weighted by molar-refractivity contribution is -0.173. The fourth-order valence-electron chi connectivity index (χ4n) is 1.82. The summed E-state index contributed by atoms with van der Waals surface area (Å²) in [6, 6.07) is 0. The Morgan fingerprint density at radius 3 is 2.88 bits per heavy atom. The van der Waals surface area contributed by atoms with E-state index in [-0.39, 0.29) is 12.4 Å². The van der Waals surface area contributed by atoms with Gasteiger partial charge >= 0.3 is 0 Å². The lowest BCUT2D eigenvalue weighted by Gasteiger charge is -2.22. The van der Waals surface area contributed by atoms with Crippen molar-refractivity contribution in [3.63, 3.8) is 0 Å². The number of nitrogens with zero attached hydrogens (tertiary/aromatic N) is 1. The van der Waals surface area contributed by atoms with Crippen molar-refractivity contribution in [2.75, 3.05) is 13.2 Å². The van der Waals surface area contributed by atoms with Gasteiger partial charge in [0.25, 0.3) is 0 Å². The smallest absolute Gasteiger partial charge is 0.162 e. The third kappa shape index (κ3) is 3.98. The average Bonchev–Trinajstić information content (AvgIpc) is 2.79. The quantitative estimate of drug-likeness (QED) is 0.705. The van der Waals surface area contributed by atoms with Gasteiger partial charge in [-0.15, -0.1) is 0 Å². The molecule has 1 fully saturated rings. The van der Waals surface area contributed by atoms with E-state index in [0.717, 1.165) is 31.8 Å². The van der Waals surface area contributed by atoms with E-state index in [1.54, 1.807) is 0 Å². The normalized spacial score (nSPS) is 26.6. The van der Waals surface area contributed by atoms with Gasteiger partial charge in [-0.05, 0) is 19.4 Å². The molecule has 1 atom stereocenters. The molecule has 0 aromatic rings. The van der Waals surface area contributed by atoms with Crippen molar-refractivity contribution in [3.8, 4) is 0 Å². The zero-order valence-corrected chi connectivity index (χ0v) is 10.2. The topological polar surface area (TPSA) is 40.0 Å². The van der Waals surface area contributed by atoms with Gasteiger partial charge in [0, 0.05) is 12.8 Å². The standard InChI is InChI=1S/C13H19NO3/c1-2-3-4-6-12-9-11(14-17-12)10-13-15-7-5-8-16-13/h2-4,6,12-13H,5,7-10H2,1H3/b3-2+,6-4+/t12-/m0/s1. The van der Waals surface area contributed by atoms with E-state index in [4.69, 9.17) is 14.3 Å². The first kappa shape index (κ1) is 12.3. The maximum Gasteiger partial charge on any atom is 0.162 e. The van der Waals surface area contributed by atoms with Gasteiger partial charge in [0.15, 0.2) is 12.4 Å². The minimum atomic E-state index is -0.135. The number of allylic oxidation sites excluding steroid dienone is 3. The summed E-state index contributed by atoms with van der Waals surface area (Å²) in [5.74, 6) is 0. The molecule has 0 unspecified atom stereocenters. The maximum atomic E-state index is 5.49. The van der Waals surface area contributed by atoms with E-state index in [1.165, 1.54) is 0 Å². The molecule has 0 aromatic heterocycles. The Bertz CT molecular complexity index is 317. The predicted molar refractivity (Wildman–Crippen MR) is 65.8 cm³/mol. The molecular weight excluding hydrogens is 218 g/mol. The Morgan fingerprint density at radius 2 is 2.12 bits per heavy atom. The average molecular weight is 237 g/mol. The molecule has 1 saturated heterocycles. The lowest BCUT2D eigenvalue weighted by Crippen LogP contribution is -2.27. The number of rotatable bonds is 4. The van der Waals surface area contributed by atoms with Crippen molar-refractivity contribution < 1.29 is 14.3 Å². The van der Waals surface area contributed by atoms with Crippen molar-refractivity contribution in [2.45, 2.75) is 38.6 Å². The van der Waals surface area contributed by atoms with Crippen LogP contribution in [0.3, 0.4) is 0 Å². The summed E-state index contributed by atoms with van der Waals surface area (Å²) in [5.41, 5.74) is 1.02. The predicted octanol–water partition coefficient (Wildman–Crippen LogP) is 2.42. The molecule has 0 radical (unpaired) electrons. The molecule has 0 amide bonds. The molecule has 0 bridgehead atoms. The second-order valence-corrected chi connectivity index (χ2v) is 4.15. The minimum absolute atomic E-state index is 0.0600. The van der Waals surface area contributed by atoms with Crippen LogP contribution in [0, 0.1) is 0 Å². The van der Waals surface area contributed by atoms with Gasteiger partial charge in [0.1, 0.15) is 0 Å². The molecule has 0 N–H and O–H groups in total. The summed E-state index contributed by atoms with van der Waals surface area (Å²) < 4.78 is 11.0. The molecular formula is C13H19NO3. The molecule has 0 saturated carbocycles. The van der Waals surface area contributed by atoms with Crippen molar-refractivity contribution in [2.24, 2.45) is 5.16 Å². The van der Waals surface area contributed by atoms with Crippen LogP contribution in [0.5, 0.6) is 0 Å². The van der Waals surface area contributed by atoms with Gasteiger partial charge in [-0.25, -0.2) is 0 Å². The first-order chi connectivity index (χ1) is 8.38. The van der Waals surface area contributed by atoms with Crippen LogP contribution in [-0.2, 0) is 14.3 Å². The molecule has 17 heavy (non-hydrogen) atoms. The maximum absolute atomic E-state index is 5.49. The lowest BCUT2D eigenvalue weighted by atomic mass is 10.1. The summed E-state index contributed by atoms with van der Waals surface area (Å²) in [7, 11) is 0. The number of hydrogen-bond donors (Lipinski definition) is 0. The van der Waals surface area contributed by atoms with Gasteiger partial charge in [-0.2, -0.15) is 0 Å². The Labute approximate surface area is 102 Å². The van der Waals surface area contributed by atoms with Crippen molar-refractivity contribution >= 4 is 5.71 Å². The first-order valence-electron chi connectivity index (χ1n) is 6.12. The second kappa shape index (κ2) is 6.57. The Kier molecular flexibility index (Phi) is 4.76. The van der Waals surface area contributed by atoms with Crippen LogP contribution in [-0.4, -0.2) is 31.3 Å². The highest BCUT2D eigenvalue weighted by atomic mass is 16.7. The Morgan fingerprint density at radius 1 is 1.29 bits per heavy atom. The molecule has 2 heterocycles. The van der Waals surface area contributed by atoms with Crippen LogP contribution in [0.2, 0.25) is 0 Å². The summed E-state index contributed by atoms with van der Waals surface area (Å²) in [6.45, 7) is 3.55. The number of ether oxygens (including phenoxy) is 2. The van der Waals surface area contributed by atoms with E-state index >= 15 is 0 Å². The molecule has 2 aliphatic heterocycles. The van der Waals surface area contributed by atoms with Crippen LogP contribution in [0.15, 0.2) is 29.5 Å². The molecule has 4 heteroatoms. The molecule has 0 spiro atoms. The molecule has 2 aliphatic rings. The highest BCUT2D eigenvalue weighted by Crippen LogP contribution is 2.18. The van der Waals surface area contributed by atoms with Gasteiger partial charge in [0.05, 0.1) is 18.9 Å². The van der Waals surface area contributed by atoms with Crippen molar-refractivity contribution in [3.05, 3.63) is 24.3 Å². The third-order valence-corrected chi connectivity index (χ3v) is 2.68. The van der Waals surface area contributed by atoms with Gasteiger partial charge in [-0.3, -0.25) is 0 Å². The van der Waals surface area contributed by atoms with Gasteiger partial charge < -0.3 is 14.3 Å². The first-order valence-corrected chi connectivity index (χ1v) is 6.12. The van der Waals surface area contributed by atoms with Crippen LogP contribution in [0.25, 0.3) is 0 Å². The molecule has 0 aromatic carbocycles. The zero-order valence-electron chi connectivity index (χ0n) is 10.2. The molecule has 2 rings (SSSR count). The highest BCUT2D eigenvalue weighted by Gasteiger charge is 2.23. The van der Waals surface area contributed by atoms with Crippen LogP contribution in [0.1, 0.15) is 26.2 Å². The van der Waals surface area contributed by atoms with E-state index in [0.29, 0.717) is 6.42 Å². The fraction of sp³-hybridized carbons (Fsp3) is 0.615. The van der Waals surface area contributed by atoms with E-state index in [2.05, 4.69) is 5.16 Å². The monoisotopic (exact) mass is 237 g/mol. The SMILES string of the molecule is C/C=C/C=C/[C@H]1CC(CC2OCCCO2)=NO1. The van der Waals surface area contributed by atoms with E-state index < -0.39 is 0 Å². The fourth-order valence-corrected chi connectivity index (χ4v) is 1.82. The summed E-state index contributed by atoms with van der Waals surface area (Å²) in [5, 5.41) is 4.07. The van der Waals surface area contributed by atoms with Gasteiger partial charge in [0.2, 0.25) is 0 Å². The van der Waals surface area contributed by atoms with E-state index in [1.807, 2.05) is 31.2 Å². The van der Waals surface area contributed by atoms with Crippen LogP contribution < -0.4 is 0 Å².